The normalized spacial score (nSPS) is 13.9. The zero-order valence-electron chi connectivity index (χ0n) is 20.1. The van der Waals surface area contributed by atoms with Crippen LogP contribution in [0.1, 0.15) is 37.0 Å². The molecule has 2 N–H and O–H groups in total. The van der Waals surface area contributed by atoms with E-state index in [9.17, 15) is 9.59 Å². The molecular formula is C28H24N2NaO5-. The maximum atomic E-state index is 12.4. The molecule has 1 aromatic heterocycles. The summed E-state index contributed by atoms with van der Waals surface area (Å²) in [7, 11) is 0. The number of oxazole rings is 1. The van der Waals surface area contributed by atoms with Crippen molar-refractivity contribution in [1.82, 2.24) is 4.98 Å². The zero-order chi connectivity index (χ0) is 23.5. The molecule has 3 aromatic carbocycles. The molecule has 0 aliphatic heterocycles. The Kier molecular flexibility index (Phi) is 8.87. The van der Waals surface area contributed by atoms with E-state index in [1.165, 1.54) is 6.39 Å². The van der Waals surface area contributed by atoms with Crippen LogP contribution in [-0.4, -0.2) is 22.8 Å². The predicted molar refractivity (Wildman–Crippen MR) is 131 cm³/mol. The summed E-state index contributed by atoms with van der Waals surface area (Å²) in [6, 6.07) is 25.4. The number of aromatic nitrogens is 1. The van der Waals surface area contributed by atoms with Crippen LogP contribution in [0.15, 0.2) is 89.7 Å². The Morgan fingerprint density at radius 1 is 0.972 bits per heavy atom. The van der Waals surface area contributed by atoms with E-state index in [0.717, 1.165) is 40.7 Å². The average molecular weight is 491 g/mol. The molecule has 0 saturated heterocycles. The molecule has 5 rings (SSSR count). The van der Waals surface area contributed by atoms with Gasteiger partial charge >= 0.3 is 35.7 Å². The van der Waals surface area contributed by atoms with Gasteiger partial charge in [-0.25, -0.2) is 9.78 Å². The summed E-state index contributed by atoms with van der Waals surface area (Å²) in [5.74, 6) is 0.224. The van der Waals surface area contributed by atoms with Gasteiger partial charge in [0, 0.05) is 5.56 Å². The predicted octanol–water partition coefficient (Wildman–Crippen LogP) is 3.29. The Morgan fingerprint density at radius 2 is 1.56 bits per heavy atom. The first kappa shape index (κ1) is 27.4. The fourth-order valence-electron chi connectivity index (χ4n) is 3.99. The molecule has 0 spiro atoms. The van der Waals surface area contributed by atoms with E-state index in [1.807, 2.05) is 85.8 Å². The van der Waals surface area contributed by atoms with E-state index in [-0.39, 0.29) is 40.9 Å². The Hall–Kier alpha value is -3.23. The van der Waals surface area contributed by atoms with Crippen LogP contribution in [0.2, 0.25) is 0 Å². The number of hydrogen-bond acceptors (Lipinski definition) is 6. The molecule has 1 saturated carbocycles. The van der Waals surface area contributed by atoms with Crippen LogP contribution in [0.4, 0.5) is 10.7 Å². The van der Waals surface area contributed by atoms with Crippen molar-refractivity contribution in [2.75, 3.05) is 5.32 Å². The Labute approximate surface area is 231 Å². The molecule has 1 aliphatic rings. The first-order valence-corrected chi connectivity index (χ1v) is 11.1. The van der Waals surface area contributed by atoms with E-state index < -0.39 is 17.6 Å². The van der Waals surface area contributed by atoms with Gasteiger partial charge in [0.05, 0.1) is 0 Å². The van der Waals surface area contributed by atoms with Crippen LogP contribution in [-0.2, 0) is 14.9 Å². The van der Waals surface area contributed by atoms with Crippen LogP contribution in [0, 0.1) is 0 Å². The van der Waals surface area contributed by atoms with Crippen molar-refractivity contribution in [3.05, 3.63) is 96.4 Å². The van der Waals surface area contributed by atoms with Crippen molar-refractivity contribution in [3.8, 4) is 22.4 Å². The second kappa shape index (κ2) is 11.7. The van der Waals surface area contributed by atoms with Gasteiger partial charge in [-0.2, -0.15) is 0 Å². The summed E-state index contributed by atoms with van der Waals surface area (Å²) in [6.45, 7) is 1.81. The summed E-state index contributed by atoms with van der Waals surface area (Å²) in [4.78, 5) is 27.9. The number of carbonyl (C=O) groups excluding carboxylic acids is 2. The van der Waals surface area contributed by atoms with Crippen molar-refractivity contribution in [2.45, 2.75) is 31.3 Å². The van der Waals surface area contributed by atoms with E-state index in [0.29, 0.717) is 5.69 Å². The maximum Gasteiger partial charge on any atom is 1.00 e. The van der Waals surface area contributed by atoms with E-state index in [2.05, 4.69) is 16.6 Å². The molecule has 4 aromatic rings. The van der Waals surface area contributed by atoms with Gasteiger partial charge in [0.2, 0.25) is 5.88 Å². The van der Waals surface area contributed by atoms with Gasteiger partial charge in [0.1, 0.15) is 11.8 Å². The smallest absolute Gasteiger partial charge is 0.870 e. The molecule has 0 unspecified atom stereocenters. The molecular weight excluding hydrogens is 467 g/mol. The standard InChI is InChI=1S/C28H23N2O4.Na.H2O/c1-19(20-5-3-2-4-6-20)34-27(32)30-26-25(29-18-33-26)23-9-7-21(8-10-23)22-11-13-24(14-12-22)28(17-31)15-16-28;;/h2-14,18-19H,15-16H2,1H3,(H,30,32);;1H2/q-1;+1;/p-1/t19-;;/m1../s1. The SMILES string of the molecule is C[C@@H](OC(=O)Nc1ocnc1-c1ccc(-c2ccc(C3([C-]=O)CC3)cc2)cc1)c1ccccc1.[Na+].[OH-]. The Morgan fingerprint density at radius 3 is 2.14 bits per heavy atom. The molecule has 0 bridgehead atoms. The van der Waals surface area contributed by atoms with Crippen molar-refractivity contribution in [2.24, 2.45) is 0 Å². The van der Waals surface area contributed by atoms with Gasteiger partial charge in [-0.3, -0.25) is 11.6 Å². The topological polar surface area (TPSA) is 111 Å². The zero-order valence-corrected chi connectivity index (χ0v) is 22.1. The van der Waals surface area contributed by atoms with Gasteiger partial charge in [0.15, 0.2) is 6.39 Å². The number of carbonyl (C=O) groups is 1. The van der Waals surface area contributed by atoms with Crippen LogP contribution in [0.3, 0.4) is 0 Å². The van der Waals surface area contributed by atoms with Crippen LogP contribution in [0.5, 0.6) is 0 Å². The monoisotopic (exact) mass is 491 g/mol. The van der Waals surface area contributed by atoms with E-state index >= 15 is 0 Å². The fraction of sp³-hybridized carbons (Fsp3) is 0.179. The van der Waals surface area contributed by atoms with Crippen LogP contribution in [0.25, 0.3) is 22.4 Å². The number of amides is 1. The number of hydrogen-bond donors (Lipinski definition) is 1. The third-order valence-corrected chi connectivity index (χ3v) is 6.21. The third-order valence-electron chi connectivity index (χ3n) is 6.21. The quantitative estimate of drug-likeness (QED) is 0.314. The van der Waals surface area contributed by atoms with Crippen molar-refractivity contribution < 1.29 is 53.8 Å². The molecule has 7 nitrogen and oxygen atoms in total. The summed E-state index contributed by atoms with van der Waals surface area (Å²) in [5, 5.41) is 2.65. The summed E-state index contributed by atoms with van der Waals surface area (Å²) >= 11 is 0. The van der Waals surface area contributed by atoms with Gasteiger partial charge in [-0.05, 0) is 23.6 Å². The third kappa shape index (κ3) is 5.77. The molecule has 1 heterocycles. The number of anilines is 1. The summed E-state index contributed by atoms with van der Waals surface area (Å²) < 4.78 is 10.9. The molecule has 36 heavy (non-hydrogen) atoms. The van der Waals surface area contributed by atoms with Crippen molar-refractivity contribution in [3.63, 3.8) is 0 Å². The number of benzene rings is 3. The minimum Gasteiger partial charge on any atom is -0.870 e. The minimum absolute atomic E-state index is 0. The Balaban J connectivity index is 0.00000180. The molecule has 1 atom stereocenters. The van der Waals surface area contributed by atoms with E-state index in [1.54, 1.807) is 0 Å². The Bertz CT molecular complexity index is 1300. The average Bonchev–Trinajstić information content (AvgIpc) is 3.56. The van der Waals surface area contributed by atoms with Gasteiger partial charge in [-0.15, -0.1) is 5.41 Å². The fourth-order valence-corrected chi connectivity index (χ4v) is 3.99. The molecule has 8 heteroatoms. The summed E-state index contributed by atoms with van der Waals surface area (Å²) in [6.07, 6.45) is 4.19. The molecule has 178 valence electrons. The van der Waals surface area contributed by atoms with Crippen LogP contribution >= 0.6 is 0 Å². The molecule has 1 aliphatic carbocycles. The molecule has 0 radical (unpaired) electrons. The van der Waals surface area contributed by atoms with Gasteiger partial charge in [-0.1, -0.05) is 97.3 Å². The largest absolute Gasteiger partial charge is 1.00 e. The number of nitrogens with zero attached hydrogens (tertiary/aromatic N) is 1. The second-order valence-electron chi connectivity index (χ2n) is 8.45. The number of ether oxygens (including phenoxy) is 1. The van der Waals surface area contributed by atoms with Crippen molar-refractivity contribution >= 4 is 18.3 Å². The van der Waals surface area contributed by atoms with Gasteiger partial charge < -0.3 is 19.4 Å². The van der Waals surface area contributed by atoms with Crippen LogP contribution < -0.4 is 34.9 Å². The number of rotatable bonds is 7. The van der Waals surface area contributed by atoms with Crippen molar-refractivity contribution in [1.29, 1.82) is 0 Å². The first-order valence-electron chi connectivity index (χ1n) is 11.1. The second-order valence-corrected chi connectivity index (χ2v) is 8.45. The minimum atomic E-state index is -0.618. The maximum absolute atomic E-state index is 12.4. The molecule has 1 fully saturated rings. The van der Waals surface area contributed by atoms with E-state index in [4.69, 9.17) is 9.15 Å². The molecule has 1 amide bonds. The number of nitrogens with one attached hydrogen (secondary N) is 1. The van der Waals surface area contributed by atoms with Gasteiger partial charge in [0.25, 0.3) is 0 Å². The first-order chi connectivity index (χ1) is 16.6. The summed E-state index contributed by atoms with van der Waals surface area (Å²) in [5.41, 5.74) is 4.93.